The van der Waals surface area contributed by atoms with Crippen molar-refractivity contribution in [3.05, 3.63) is 69.0 Å². The van der Waals surface area contributed by atoms with Crippen molar-refractivity contribution in [1.82, 2.24) is 4.57 Å². The Kier molecular flexibility index (Phi) is 4.51. The number of nitrogens with zero attached hydrogens (tertiary/aromatic N) is 1. The molecular weight excluding hydrogens is 342 g/mol. The van der Waals surface area contributed by atoms with Gasteiger partial charge in [0.05, 0.1) is 12.1 Å². The lowest BCUT2D eigenvalue weighted by Crippen LogP contribution is -2.27. The van der Waals surface area contributed by atoms with Crippen LogP contribution in [0.5, 0.6) is 5.75 Å². The molecule has 0 spiro atoms. The molecule has 0 atom stereocenters. The summed E-state index contributed by atoms with van der Waals surface area (Å²) in [5.41, 5.74) is 0.954. The fraction of sp³-hybridized carbons (Fsp3) is 0.158. The number of esters is 1. The first kappa shape index (κ1) is 17.0. The molecule has 0 aliphatic rings. The Bertz CT molecular complexity index is 1020. The van der Waals surface area contributed by atoms with Gasteiger partial charge >= 0.3 is 5.97 Å². The van der Waals surface area contributed by atoms with E-state index in [1.165, 1.54) is 4.57 Å². The third kappa shape index (κ3) is 2.98. The highest BCUT2D eigenvalue weighted by Crippen LogP contribution is 2.30. The summed E-state index contributed by atoms with van der Waals surface area (Å²) < 4.78 is 6.29. The van der Waals surface area contributed by atoms with Crippen molar-refractivity contribution in [3.8, 4) is 11.4 Å². The van der Waals surface area contributed by atoms with Gasteiger partial charge in [0.1, 0.15) is 5.75 Å². The summed E-state index contributed by atoms with van der Waals surface area (Å²) in [6.45, 7) is 3.66. The predicted octanol–water partition coefficient (Wildman–Crippen LogP) is 3.83. The standard InChI is InChI=1S/C19H16ClNO4/c1-3-25-19(24)16-17(22)14-9-6-12(20)10-15(14)21(18(16)23)13-7-4-11(2)5-8-13/h4-10,22H,3H2,1-2H3. The highest BCUT2D eigenvalue weighted by Gasteiger charge is 2.24. The first-order valence-corrected chi connectivity index (χ1v) is 8.13. The molecule has 0 amide bonds. The Balaban J connectivity index is 2.44. The number of aryl methyl sites for hydroxylation is 1. The molecule has 3 rings (SSSR count). The van der Waals surface area contributed by atoms with Crippen LogP contribution in [-0.2, 0) is 4.74 Å². The van der Waals surface area contributed by atoms with E-state index in [1.54, 1.807) is 37.3 Å². The maximum absolute atomic E-state index is 13.0. The second-order valence-electron chi connectivity index (χ2n) is 5.58. The summed E-state index contributed by atoms with van der Waals surface area (Å²) in [6.07, 6.45) is 0. The summed E-state index contributed by atoms with van der Waals surface area (Å²) >= 11 is 6.07. The number of carbonyl (C=O) groups excluding carboxylic acids is 1. The van der Waals surface area contributed by atoms with Crippen molar-refractivity contribution in [2.24, 2.45) is 0 Å². The fourth-order valence-corrected chi connectivity index (χ4v) is 2.85. The summed E-state index contributed by atoms with van der Waals surface area (Å²) in [7, 11) is 0. The van der Waals surface area contributed by atoms with Crippen molar-refractivity contribution >= 4 is 28.5 Å². The Labute approximate surface area is 149 Å². The van der Waals surface area contributed by atoms with Gasteiger partial charge < -0.3 is 9.84 Å². The van der Waals surface area contributed by atoms with E-state index < -0.39 is 22.8 Å². The minimum Gasteiger partial charge on any atom is -0.506 e. The van der Waals surface area contributed by atoms with Crippen LogP contribution in [0.2, 0.25) is 5.02 Å². The number of pyridine rings is 1. The Hall–Kier alpha value is -2.79. The average Bonchev–Trinajstić information content (AvgIpc) is 2.56. The highest BCUT2D eigenvalue weighted by atomic mass is 35.5. The minimum absolute atomic E-state index is 0.0981. The molecule has 0 bridgehead atoms. The summed E-state index contributed by atoms with van der Waals surface area (Å²) in [5.74, 6) is -1.26. The monoisotopic (exact) mass is 357 g/mol. The maximum atomic E-state index is 13.0. The maximum Gasteiger partial charge on any atom is 0.347 e. The zero-order chi connectivity index (χ0) is 18.1. The molecule has 6 heteroatoms. The number of hydrogen-bond donors (Lipinski definition) is 1. The van der Waals surface area contributed by atoms with Crippen LogP contribution in [0.1, 0.15) is 22.8 Å². The third-order valence-electron chi connectivity index (χ3n) is 3.88. The number of hydrogen-bond acceptors (Lipinski definition) is 4. The van der Waals surface area contributed by atoms with Gasteiger partial charge in [-0.15, -0.1) is 0 Å². The molecule has 0 fully saturated rings. The topological polar surface area (TPSA) is 68.5 Å². The van der Waals surface area contributed by atoms with Crippen LogP contribution < -0.4 is 5.56 Å². The molecule has 1 heterocycles. The third-order valence-corrected chi connectivity index (χ3v) is 4.12. The lowest BCUT2D eigenvalue weighted by atomic mass is 10.1. The molecule has 0 radical (unpaired) electrons. The number of aromatic hydroxyl groups is 1. The average molecular weight is 358 g/mol. The van der Waals surface area contributed by atoms with Crippen LogP contribution in [0.3, 0.4) is 0 Å². The number of carbonyl (C=O) groups is 1. The molecule has 5 nitrogen and oxygen atoms in total. The Morgan fingerprint density at radius 3 is 2.52 bits per heavy atom. The number of ether oxygens (including phenoxy) is 1. The van der Waals surface area contributed by atoms with Crippen molar-refractivity contribution < 1.29 is 14.6 Å². The van der Waals surface area contributed by atoms with E-state index in [1.807, 2.05) is 19.1 Å². The normalized spacial score (nSPS) is 10.8. The SMILES string of the molecule is CCOC(=O)c1c(O)c2ccc(Cl)cc2n(-c2ccc(C)cc2)c1=O. The predicted molar refractivity (Wildman–Crippen MR) is 96.9 cm³/mol. The van der Waals surface area contributed by atoms with Crippen LogP contribution in [0.4, 0.5) is 0 Å². The summed E-state index contributed by atoms with van der Waals surface area (Å²) in [4.78, 5) is 25.2. The fourth-order valence-electron chi connectivity index (χ4n) is 2.68. The Morgan fingerprint density at radius 2 is 1.88 bits per heavy atom. The molecule has 2 aromatic carbocycles. The van der Waals surface area contributed by atoms with E-state index in [0.29, 0.717) is 21.6 Å². The van der Waals surface area contributed by atoms with Gasteiger partial charge in [0.25, 0.3) is 5.56 Å². The zero-order valence-electron chi connectivity index (χ0n) is 13.7. The van der Waals surface area contributed by atoms with Crippen molar-refractivity contribution in [3.63, 3.8) is 0 Å². The second kappa shape index (κ2) is 6.61. The quantitative estimate of drug-likeness (QED) is 0.723. The van der Waals surface area contributed by atoms with Gasteiger partial charge in [-0.05, 0) is 44.2 Å². The summed E-state index contributed by atoms with van der Waals surface area (Å²) in [6, 6.07) is 12.0. The van der Waals surface area contributed by atoms with Gasteiger partial charge in [-0.25, -0.2) is 4.79 Å². The largest absolute Gasteiger partial charge is 0.506 e. The van der Waals surface area contributed by atoms with Crippen molar-refractivity contribution in [2.75, 3.05) is 6.61 Å². The number of rotatable bonds is 3. The van der Waals surface area contributed by atoms with Gasteiger partial charge in [0.2, 0.25) is 0 Å². The zero-order valence-corrected chi connectivity index (χ0v) is 14.5. The second-order valence-corrected chi connectivity index (χ2v) is 6.02. The van der Waals surface area contributed by atoms with Crippen LogP contribution >= 0.6 is 11.6 Å². The lowest BCUT2D eigenvalue weighted by Gasteiger charge is -2.15. The molecular formula is C19H16ClNO4. The van der Waals surface area contributed by atoms with E-state index in [0.717, 1.165) is 5.56 Å². The number of halogens is 1. The van der Waals surface area contributed by atoms with Gasteiger partial charge in [-0.2, -0.15) is 0 Å². The van der Waals surface area contributed by atoms with Crippen LogP contribution in [0.25, 0.3) is 16.6 Å². The first-order valence-electron chi connectivity index (χ1n) is 7.75. The molecule has 0 aliphatic heterocycles. The summed E-state index contributed by atoms with van der Waals surface area (Å²) in [5, 5.41) is 11.2. The number of fused-ring (bicyclic) bond motifs is 1. The molecule has 3 aromatic rings. The molecule has 0 aliphatic carbocycles. The smallest absolute Gasteiger partial charge is 0.347 e. The van der Waals surface area contributed by atoms with Gasteiger partial charge in [0, 0.05) is 16.1 Å². The van der Waals surface area contributed by atoms with E-state index in [4.69, 9.17) is 16.3 Å². The van der Waals surface area contributed by atoms with Gasteiger partial charge in [-0.1, -0.05) is 29.3 Å². The van der Waals surface area contributed by atoms with Gasteiger partial charge in [-0.3, -0.25) is 9.36 Å². The molecule has 0 saturated carbocycles. The first-order chi connectivity index (χ1) is 11.9. The van der Waals surface area contributed by atoms with E-state index >= 15 is 0 Å². The Morgan fingerprint density at radius 1 is 1.20 bits per heavy atom. The van der Waals surface area contributed by atoms with Crippen LogP contribution in [0, 0.1) is 6.92 Å². The highest BCUT2D eigenvalue weighted by molar-refractivity contribution is 6.31. The van der Waals surface area contributed by atoms with Crippen molar-refractivity contribution in [2.45, 2.75) is 13.8 Å². The van der Waals surface area contributed by atoms with E-state index in [2.05, 4.69) is 0 Å². The van der Waals surface area contributed by atoms with Crippen molar-refractivity contribution in [1.29, 1.82) is 0 Å². The molecule has 1 aromatic heterocycles. The van der Waals surface area contributed by atoms with Crippen LogP contribution in [-0.4, -0.2) is 22.2 Å². The molecule has 128 valence electrons. The van der Waals surface area contributed by atoms with Gasteiger partial charge in [0.15, 0.2) is 5.56 Å². The van der Waals surface area contributed by atoms with E-state index in [9.17, 15) is 14.7 Å². The molecule has 1 N–H and O–H groups in total. The lowest BCUT2D eigenvalue weighted by molar-refractivity contribution is 0.0521. The number of aromatic nitrogens is 1. The minimum atomic E-state index is -0.859. The molecule has 0 unspecified atom stereocenters. The van der Waals surface area contributed by atoms with E-state index in [-0.39, 0.29) is 6.61 Å². The molecule has 25 heavy (non-hydrogen) atoms. The molecule has 0 saturated heterocycles. The number of benzene rings is 2. The van der Waals surface area contributed by atoms with Crippen LogP contribution in [0.15, 0.2) is 47.3 Å².